The standard InChI is InChI=1S/C19H38NO5P/c1-7-10-11-12-13-14-15-16-17-20(18(21)25-19(4,5)6)26(22,23-8-2)24-9-3/h15-16H,7-14,17H2,1-6H3/b16-15+. The molecule has 0 saturated carbocycles. The molecular formula is C19H38NO5P. The maximum Gasteiger partial charge on any atom is 0.440 e. The van der Waals surface area contributed by atoms with E-state index in [1.165, 1.54) is 25.7 Å². The third-order valence-corrected chi connectivity index (χ3v) is 5.49. The van der Waals surface area contributed by atoms with Crippen molar-refractivity contribution in [2.75, 3.05) is 19.8 Å². The van der Waals surface area contributed by atoms with E-state index in [4.69, 9.17) is 13.8 Å². The van der Waals surface area contributed by atoms with Crippen LogP contribution in [-0.4, -0.2) is 36.1 Å². The summed E-state index contributed by atoms with van der Waals surface area (Å²) in [6.07, 6.45) is 10.1. The van der Waals surface area contributed by atoms with Crippen LogP contribution in [0.25, 0.3) is 0 Å². The first-order valence-electron chi connectivity index (χ1n) is 9.75. The van der Waals surface area contributed by atoms with Crippen molar-refractivity contribution in [2.24, 2.45) is 0 Å². The molecule has 0 radical (unpaired) electrons. The van der Waals surface area contributed by atoms with Crippen LogP contribution in [0.5, 0.6) is 0 Å². The highest BCUT2D eigenvalue weighted by atomic mass is 31.2. The molecule has 0 aromatic rings. The molecule has 0 aliphatic rings. The van der Waals surface area contributed by atoms with Crippen molar-refractivity contribution in [2.45, 2.75) is 85.7 Å². The van der Waals surface area contributed by atoms with Crippen LogP contribution in [0.2, 0.25) is 0 Å². The number of carbonyl (C=O) groups is 1. The van der Waals surface area contributed by atoms with E-state index in [1.54, 1.807) is 34.6 Å². The first-order valence-corrected chi connectivity index (χ1v) is 11.2. The summed E-state index contributed by atoms with van der Waals surface area (Å²) in [5.74, 6) is 0. The van der Waals surface area contributed by atoms with E-state index in [1.807, 2.05) is 12.2 Å². The minimum absolute atomic E-state index is 0.126. The highest BCUT2D eigenvalue weighted by Crippen LogP contribution is 2.52. The number of allylic oxidation sites excluding steroid dienone is 1. The highest BCUT2D eigenvalue weighted by molar-refractivity contribution is 7.52. The van der Waals surface area contributed by atoms with Crippen LogP contribution in [0.3, 0.4) is 0 Å². The van der Waals surface area contributed by atoms with Crippen LogP contribution in [0.15, 0.2) is 12.2 Å². The fourth-order valence-corrected chi connectivity index (χ4v) is 3.79. The lowest BCUT2D eigenvalue weighted by Crippen LogP contribution is -2.36. The average molecular weight is 391 g/mol. The van der Waals surface area contributed by atoms with Gasteiger partial charge in [0.15, 0.2) is 0 Å². The Balaban J connectivity index is 4.93. The quantitative estimate of drug-likeness (QED) is 0.209. The van der Waals surface area contributed by atoms with E-state index in [0.29, 0.717) is 0 Å². The molecule has 0 fully saturated rings. The molecule has 0 spiro atoms. The molecule has 26 heavy (non-hydrogen) atoms. The molecule has 0 bridgehead atoms. The zero-order valence-electron chi connectivity index (χ0n) is 17.5. The number of hydrogen-bond acceptors (Lipinski definition) is 5. The van der Waals surface area contributed by atoms with Crippen molar-refractivity contribution in [1.82, 2.24) is 4.67 Å². The number of hydrogen-bond donors (Lipinski definition) is 0. The first kappa shape index (κ1) is 25.2. The van der Waals surface area contributed by atoms with Gasteiger partial charge in [-0.2, -0.15) is 0 Å². The summed E-state index contributed by atoms with van der Waals surface area (Å²) in [5.41, 5.74) is -0.693. The lowest BCUT2D eigenvalue weighted by Gasteiger charge is -2.31. The van der Waals surface area contributed by atoms with E-state index in [-0.39, 0.29) is 19.8 Å². The highest BCUT2D eigenvalue weighted by Gasteiger charge is 2.39. The van der Waals surface area contributed by atoms with Gasteiger partial charge in [-0.3, -0.25) is 9.05 Å². The number of ether oxygens (including phenoxy) is 1. The summed E-state index contributed by atoms with van der Waals surface area (Å²) < 4.78 is 30.1. The van der Waals surface area contributed by atoms with Crippen LogP contribution in [0, 0.1) is 0 Å². The molecule has 7 heteroatoms. The predicted octanol–water partition coefficient (Wildman–Crippen LogP) is 6.32. The fraction of sp³-hybridized carbons (Fsp3) is 0.842. The normalized spacial score (nSPS) is 12.5. The van der Waals surface area contributed by atoms with E-state index >= 15 is 0 Å². The number of rotatable bonds is 13. The molecule has 0 atom stereocenters. The van der Waals surface area contributed by atoms with Gasteiger partial charge in [0.25, 0.3) is 0 Å². The van der Waals surface area contributed by atoms with Crippen molar-refractivity contribution >= 4 is 13.8 Å². The van der Waals surface area contributed by atoms with Crippen molar-refractivity contribution < 1.29 is 23.1 Å². The molecule has 1 amide bonds. The van der Waals surface area contributed by atoms with Crippen LogP contribution in [0.1, 0.15) is 80.1 Å². The molecule has 0 aliphatic carbocycles. The molecule has 0 aromatic carbocycles. The Morgan fingerprint density at radius 2 is 1.54 bits per heavy atom. The third kappa shape index (κ3) is 11.0. The van der Waals surface area contributed by atoms with Crippen molar-refractivity contribution in [3.63, 3.8) is 0 Å². The van der Waals surface area contributed by atoms with Gasteiger partial charge in [-0.15, -0.1) is 0 Å². The van der Waals surface area contributed by atoms with Crippen LogP contribution in [-0.2, 0) is 18.3 Å². The largest absolute Gasteiger partial charge is 0.443 e. The van der Waals surface area contributed by atoms with Crippen LogP contribution >= 0.6 is 7.75 Å². The van der Waals surface area contributed by atoms with Gasteiger partial charge >= 0.3 is 13.8 Å². The molecule has 0 saturated heterocycles. The number of unbranched alkanes of at least 4 members (excludes halogenated alkanes) is 5. The van der Waals surface area contributed by atoms with Gasteiger partial charge < -0.3 is 4.74 Å². The molecule has 0 aromatic heterocycles. The molecule has 154 valence electrons. The Hall–Kier alpha value is -0.840. The second-order valence-electron chi connectivity index (χ2n) is 7.04. The SMILES string of the molecule is CCCCCCC/C=C/CN(C(=O)OC(C)(C)C)P(=O)(OCC)OCC. The maximum absolute atomic E-state index is 13.0. The summed E-state index contributed by atoms with van der Waals surface area (Å²) >= 11 is 0. The van der Waals surface area contributed by atoms with Gasteiger partial charge in [0.05, 0.1) is 19.8 Å². The number of carbonyl (C=O) groups excluding carboxylic acids is 1. The Bertz CT molecular complexity index is 449. The van der Waals surface area contributed by atoms with E-state index < -0.39 is 19.4 Å². The van der Waals surface area contributed by atoms with Crippen molar-refractivity contribution in [3.05, 3.63) is 12.2 Å². The second kappa shape index (κ2) is 13.3. The lowest BCUT2D eigenvalue weighted by atomic mass is 10.1. The van der Waals surface area contributed by atoms with Gasteiger partial charge in [-0.1, -0.05) is 44.8 Å². The van der Waals surface area contributed by atoms with Gasteiger partial charge in [-0.25, -0.2) is 14.0 Å². The van der Waals surface area contributed by atoms with E-state index in [0.717, 1.165) is 17.5 Å². The summed E-state index contributed by atoms with van der Waals surface area (Å²) in [5, 5.41) is 0. The number of amides is 1. The monoisotopic (exact) mass is 391 g/mol. The first-order chi connectivity index (χ1) is 12.2. The predicted molar refractivity (Wildman–Crippen MR) is 106 cm³/mol. The summed E-state index contributed by atoms with van der Waals surface area (Å²) in [4.78, 5) is 12.5. The third-order valence-electron chi connectivity index (χ3n) is 3.40. The van der Waals surface area contributed by atoms with Crippen LogP contribution < -0.4 is 0 Å². The molecule has 0 N–H and O–H groups in total. The molecule has 6 nitrogen and oxygen atoms in total. The minimum atomic E-state index is -3.73. The minimum Gasteiger partial charge on any atom is -0.443 e. The zero-order valence-corrected chi connectivity index (χ0v) is 18.3. The van der Waals surface area contributed by atoms with Gasteiger partial charge in [-0.05, 0) is 47.5 Å². The second-order valence-corrected chi connectivity index (χ2v) is 8.98. The molecule has 0 aliphatic heterocycles. The Labute approximate surface area is 159 Å². The smallest absolute Gasteiger partial charge is 0.440 e. The maximum atomic E-state index is 13.0. The Morgan fingerprint density at radius 1 is 0.962 bits per heavy atom. The van der Waals surface area contributed by atoms with Crippen molar-refractivity contribution in [3.8, 4) is 0 Å². The fourth-order valence-electron chi connectivity index (χ4n) is 2.25. The van der Waals surface area contributed by atoms with E-state index in [9.17, 15) is 9.36 Å². The van der Waals surface area contributed by atoms with Gasteiger partial charge in [0.1, 0.15) is 5.60 Å². The molecular weight excluding hydrogens is 353 g/mol. The zero-order chi connectivity index (χ0) is 20.1. The average Bonchev–Trinajstić information content (AvgIpc) is 2.52. The molecule has 0 rings (SSSR count). The number of nitrogens with zero attached hydrogens (tertiary/aromatic N) is 1. The molecule has 0 unspecified atom stereocenters. The molecule has 0 heterocycles. The Kier molecular flexibility index (Phi) is 12.9. The van der Waals surface area contributed by atoms with E-state index in [2.05, 4.69) is 6.92 Å². The Morgan fingerprint density at radius 3 is 2.04 bits per heavy atom. The summed E-state index contributed by atoms with van der Waals surface area (Å²) in [6.45, 7) is 11.4. The topological polar surface area (TPSA) is 65.1 Å². The van der Waals surface area contributed by atoms with Gasteiger partial charge in [0.2, 0.25) is 0 Å². The van der Waals surface area contributed by atoms with Gasteiger partial charge in [0, 0.05) is 0 Å². The summed E-state index contributed by atoms with van der Waals surface area (Å²) in [6, 6.07) is 0. The van der Waals surface area contributed by atoms with Crippen LogP contribution in [0.4, 0.5) is 4.79 Å². The summed E-state index contributed by atoms with van der Waals surface area (Å²) in [7, 11) is -3.73. The van der Waals surface area contributed by atoms with Crippen molar-refractivity contribution in [1.29, 1.82) is 0 Å². The lowest BCUT2D eigenvalue weighted by molar-refractivity contribution is 0.0336.